The van der Waals surface area contributed by atoms with Gasteiger partial charge in [-0.25, -0.2) is 0 Å². The molecule has 1 aliphatic rings. The molecule has 1 fully saturated rings. The highest BCUT2D eigenvalue weighted by atomic mass is 19.3. The zero-order valence-electron chi connectivity index (χ0n) is 7.61. The molecule has 1 rings (SSSR count). The van der Waals surface area contributed by atoms with Crippen molar-refractivity contribution in [1.29, 1.82) is 0 Å². The van der Waals surface area contributed by atoms with E-state index in [0.717, 1.165) is 12.8 Å². The van der Waals surface area contributed by atoms with Crippen LogP contribution in [0, 0.1) is 0 Å². The monoisotopic (exact) mass is 175 g/mol. The van der Waals surface area contributed by atoms with Crippen LogP contribution in [-0.2, 0) is 0 Å². The Hall–Kier alpha value is -0.440. The van der Waals surface area contributed by atoms with Crippen molar-refractivity contribution >= 4 is 0 Å². The molecule has 0 N–H and O–H groups in total. The number of likely N-dealkylation sites (N-methyl/N-ethyl adjacent to an activating group) is 1. The standard InChI is InChI=1S/C9H15F2N/c1-3-4-8-5-7(9(10)11)6-12(8)2/h8H,3-6H2,1-2H3/t8-/m1/s1. The molecule has 3 heteroatoms. The Kier molecular flexibility index (Phi) is 3.20. The first-order chi connectivity index (χ1) is 5.65. The van der Waals surface area contributed by atoms with Gasteiger partial charge in [-0.15, -0.1) is 0 Å². The normalized spacial score (nSPS) is 25.0. The molecule has 0 aromatic rings. The molecule has 1 nitrogen and oxygen atoms in total. The van der Waals surface area contributed by atoms with Crippen LogP contribution in [-0.4, -0.2) is 24.5 Å². The minimum Gasteiger partial charge on any atom is -0.299 e. The van der Waals surface area contributed by atoms with Crippen molar-refractivity contribution < 1.29 is 8.78 Å². The zero-order chi connectivity index (χ0) is 9.14. The lowest BCUT2D eigenvalue weighted by atomic mass is 10.1. The molecule has 12 heavy (non-hydrogen) atoms. The van der Waals surface area contributed by atoms with E-state index in [1.807, 2.05) is 11.9 Å². The minimum absolute atomic E-state index is 0.330. The van der Waals surface area contributed by atoms with Gasteiger partial charge >= 0.3 is 0 Å². The predicted molar refractivity (Wildman–Crippen MR) is 45.2 cm³/mol. The molecule has 0 radical (unpaired) electrons. The maximum atomic E-state index is 12.2. The Morgan fingerprint density at radius 3 is 2.67 bits per heavy atom. The Morgan fingerprint density at radius 1 is 1.58 bits per heavy atom. The van der Waals surface area contributed by atoms with Crippen molar-refractivity contribution in [3.05, 3.63) is 11.7 Å². The fourth-order valence-electron chi connectivity index (χ4n) is 1.73. The number of hydrogen-bond acceptors (Lipinski definition) is 1. The van der Waals surface area contributed by atoms with Gasteiger partial charge in [0.2, 0.25) is 0 Å². The summed E-state index contributed by atoms with van der Waals surface area (Å²) in [6.07, 6.45) is 1.18. The number of halogens is 2. The molecule has 0 aromatic carbocycles. The summed E-state index contributed by atoms with van der Waals surface area (Å²) >= 11 is 0. The molecule has 1 aliphatic heterocycles. The molecule has 1 heterocycles. The van der Waals surface area contributed by atoms with Crippen LogP contribution in [0.2, 0.25) is 0 Å². The largest absolute Gasteiger partial charge is 0.299 e. The van der Waals surface area contributed by atoms with E-state index in [4.69, 9.17) is 0 Å². The average Bonchev–Trinajstić information content (AvgIpc) is 2.34. The number of nitrogens with zero attached hydrogens (tertiary/aromatic N) is 1. The molecule has 0 amide bonds. The van der Waals surface area contributed by atoms with Gasteiger partial charge in [-0.2, -0.15) is 8.78 Å². The van der Waals surface area contributed by atoms with Gasteiger partial charge < -0.3 is 0 Å². The highest BCUT2D eigenvalue weighted by Gasteiger charge is 2.26. The molecule has 0 unspecified atom stereocenters. The first-order valence-electron chi connectivity index (χ1n) is 4.38. The smallest absolute Gasteiger partial charge is 0.270 e. The molecule has 1 atom stereocenters. The van der Waals surface area contributed by atoms with Crippen LogP contribution in [0.25, 0.3) is 0 Å². The van der Waals surface area contributed by atoms with Crippen LogP contribution in [0.5, 0.6) is 0 Å². The second-order valence-electron chi connectivity index (χ2n) is 3.43. The third-order valence-electron chi connectivity index (χ3n) is 2.43. The summed E-state index contributed by atoms with van der Waals surface area (Å²) in [6, 6.07) is 0.339. The Labute approximate surface area is 72.1 Å². The summed E-state index contributed by atoms with van der Waals surface area (Å²) < 4.78 is 24.4. The fraction of sp³-hybridized carbons (Fsp3) is 0.778. The second-order valence-corrected chi connectivity index (χ2v) is 3.43. The van der Waals surface area contributed by atoms with E-state index >= 15 is 0 Å². The van der Waals surface area contributed by atoms with Crippen molar-refractivity contribution in [3.63, 3.8) is 0 Å². The van der Waals surface area contributed by atoms with Gasteiger partial charge in [0.15, 0.2) is 0 Å². The van der Waals surface area contributed by atoms with Crippen molar-refractivity contribution in [1.82, 2.24) is 4.90 Å². The highest BCUT2D eigenvalue weighted by molar-refractivity contribution is 5.12. The Bertz CT molecular complexity index is 185. The Morgan fingerprint density at radius 2 is 2.25 bits per heavy atom. The number of likely N-dealkylation sites (tertiary alicyclic amines) is 1. The molecular formula is C9H15F2N. The lowest BCUT2D eigenvalue weighted by molar-refractivity contribution is 0.295. The molecule has 0 spiro atoms. The summed E-state index contributed by atoms with van der Waals surface area (Å²) in [4.78, 5) is 2.01. The first-order valence-corrected chi connectivity index (χ1v) is 4.38. The van der Waals surface area contributed by atoms with Gasteiger partial charge in [0.25, 0.3) is 6.08 Å². The molecular weight excluding hydrogens is 160 g/mol. The summed E-state index contributed by atoms with van der Waals surface area (Å²) in [6.45, 7) is 2.54. The summed E-state index contributed by atoms with van der Waals surface area (Å²) in [7, 11) is 1.91. The fourth-order valence-corrected chi connectivity index (χ4v) is 1.73. The van der Waals surface area contributed by atoms with Crippen molar-refractivity contribution in [3.8, 4) is 0 Å². The van der Waals surface area contributed by atoms with Gasteiger partial charge in [-0.05, 0) is 19.9 Å². The molecule has 70 valence electrons. The van der Waals surface area contributed by atoms with E-state index in [-0.39, 0.29) is 0 Å². The zero-order valence-corrected chi connectivity index (χ0v) is 7.61. The maximum absolute atomic E-state index is 12.2. The number of hydrogen-bond donors (Lipinski definition) is 0. The van der Waals surface area contributed by atoms with Crippen LogP contribution >= 0.6 is 0 Å². The van der Waals surface area contributed by atoms with Crippen LogP contribution in [0.15, 0.2) is 11.7 Å². The first kappa shape index (κ1) is 9.65. The number of rotatable bonds is 2. The molecule has 0 bridgehead atoms. The SMILES string of the molecule is CCC[C@@H]1CC(=C(F)F)CN1C. The van der Waals surface area contributed by atoms with Gasteiger partial charge in [0, 0.05) is 18.2 Å². The van der Waals surface area contributed by atoms with Crippen LogP contribution < -0.4 is 0 Å². The van der Waals surface area contributed by atoms with Gasteiger partial charge in [0.1, 0.15) is 0 Å². The quantitative estimate of drug-likeness (QED) is 0.623. The predicted octanol–water partition coefficient (Wildman–Crippen LogP) is 2.64. The van der Waals surface area contributed by atoms with Crippen LogP contribution in [0.4, 0.5) is 8.78 Å². The Balaban J connectivity index is 2.56. The van der Waals surface area contributed by atoms with E-state index in [9.17, 15) is 8.78 Å². The van der Waals surface area contributed by atoms with Gasteiger partial charge in [-0.1, -0.05) is 13.3 Å². The van der Waals surface area contributed by atoms with E-state index in [2.05, 4.69) is 6.92 Å². The van der Waals surface area contributed by atoms with Crippen molar-refractivity contribution in [2.24, 2.45) is 0 Å². The summed E-state index contributed by atoms with van der Waals surface area (Å²) in [5, 5.41) is 0. The third kappa shape index (κ3) is 2.03. The third-order valence-corrected chi connectivity index (χ3v) is 2.43. The summed E-state index contributed by atoms with van der Waals surface area (Å²) in [5.41, 5.74) is 0.330. The molecule has 0 aromatic heterocycles. The maximum Gasteiger partial charge on any atom is 0.270 e. The van der Waals surface area contributed by atoms with Gasteiger partial charge in [-0.3, -0.25) is 4.90 Å². The van der Waals surface area contributed by atoms with Crippen LogP contribution in [0.3, 0.4) is 0 Å². The lowest BCUT2D eigenvalue weighted by Crippen LogP contribution is -2.24. The van der Waals surface area contributed by atoms with E-state index < -0.39 is 6.08 Å². The summed E-state index contributed by atoms with van der Waals surface area (Å²) in [5.74, 6) is 0. The highest BCUT2D eigenvalue weighted by Crippen LogP contribution is 2.27. The topological polar surface area (TPSA) is 3.24 Å². The van der Waals surface area contributed by atoms with E-state index in [1.165, 1.54) is 0 Å². The van der Waals surface area contributed by atoms with E-state index in [0.29, 0.717) is 24.6 Å². The van der Waals surface area contributed by atoms with Crippen LogP contribution in [0.1, 0.15) is 26.2 Å². The van der Waals surface area contributed by atoms with Gasteiger partial charge in [0.05, 0.1) is 0 Å². The molecule has 1 saturated heterocycles. The minimum atomic E-state index is -1.47. The molecule has 0 aliphatic carbocycles. The van der Waals surface area contributed by atoms with E-state index in [1.54, 1.807) is 0 Å². The van der Waals surface area contributed by atoms with Crippen molar-refractivity contribution in [2.45, 2.75) is 32.2 Å². The molecule has 0 saturated carbocycles. The lowest BCUT2D eigenvalue weighted by Gasteiger charge is -2.17. The van der Waals surface area contributed by atoms with Crippen molar-refractivity contribution in [2.75, 3.05) is 13.6 Å². The second kappa shape index (κ2) is 3.99. The average molecular weight is 175 g/mol.